The van der Waals surface area contributed by atoms with Crippen molar-refractivity contribution in [3.05, 3.63) is 46.5 Å². The Morgan fingerprint density at radius 2 is 2.02 bits per heavy atom. The number of aldehydes is 1. The number of amidine groups is 1. The van der Waals surface area contributed by atoms with E-state index in [4.69, 9.17) is 24.7 Å². The SMILES string of the molecule is CCOC(=O)C1=C(C=O)C(=CCN2C=CNC2N2CN=C3C(=O)N=C(N)N=C32)c2c(OC)c3c(c(CO)c2O1)OC(C(C)(O)C1CCCCC1)C3. The Morgan fingerprint density at radius 3 is 2.73 bits per heavy atom. The third-order valence-corrected chi connectivity index (χ3v) is 10.4. The first-order valence-corrected chi connectivity index (χ1v) is 17.1. The van der Waals surface area contributed by atoms with Crippen LogP contribution >= 0.6 is 0 Å². The van der Waals surface area contributed by atoms with E-state index in [1.54, 1.807) is 37.2 Å². The van der Waals surface area contributed by atoms with Crippen LogP contribution in [0.4, 0.5) is 0 Å². The van der Waals surface area contributed by atoms with Gasteiger partial charge in [-0.25, -0.2) is 4.79 Å². The minimum atomic E-state index is -1.17. The molecule has 51 heavy (non-hydrogen) atoms. The Bertz CT molecular complexity index is 1850. The molecule has 16 nitrogen and oxygen atoms in total. The Labute approximate surface area is 294 Å². The lowest BCUT2D eigenvalue weighted by atomic mass is 9.74. The first kappa shape index (κ1) is 34.2. The van der Waals surface area contributed by atoms with Crippen LogP contribution in [0.2, 0.25) is 0 Å². The molecule has 1 fully saturated rings. The molecule has 6 aliphatic rings. The maximum atomic E-state index is 13.3. The predicted octanol–water partition coefficient (Wildman–Crippen LogP) is 1.24. The molecule has 3 atom stereocenters. The van der Waals surface area contributed by atoms with E-state index >= 15 is 0 Å². The number of aliphatic hydroxyl groups excluding tert-OH is 1. The van der Waals surface area contributed by atoms with Crippen LogP contribution < -0.4 is 25.3 Å². The summed E-state index contributed by atoms with van der Waals surface area (Å²) in [6.07, 6.45) is 9.81. The molecule has 1 aliphatic carbocycles. The third-order valence-electron chi connectivity index (χ3n) is 10.4. The van der Waals surface area contributed by atoms with Crippen molar-refractivity contribution in [1.82, 2.24) is 15.1 Å². The summed E-state index contributed by atoms with van der Waals surface area (Å²) in [4.78, 5) is 54.4. The maximum Gasteiger partial charge on any atom is 0.375 e. The van der Waals surface area contributed by atoms with E-state index in [1.165, 1.54) is 7.11 Å². The highest BCUT2D eigenvalue weighted by molar-refractivity contribution is 6.69. The minimum Gasteiger partial charge on any atom is -0.496 e. The van der Waals surface area contributed by atoms with Gasteiger partial charge in [-0.15, -0.1) is 0 Å². The zero-order valence-corrected chi connectivity index (χ0v) is 28.7. The van der Waals surface area contributed by atoms with Crippen molar-refractivity contribution in [2.45, 2.75) is 77.0 Å². The van der Waals surface area contributed by atoms with Gasteiger partial charge in [0.15, 0.2) is 24.1 Å². The Hall–Kier alpha value is -5.22. The topological polar surface area (TPSA) is 210 Å². The zero-order valence-electron chi connectivity index (χ0n) is 28.7. The molecule has 1 saturated carbocycles. The molecule has 0 spiro atoms. The number of aliphatic imine (C=N–C) groups is 3. The van der Waals surface area contributed by atoms with Gasteiger partial charge in [-0.1, -0.05) is 25.3 Å². The summed E-state index contributed by atoms with van der Waals surface area (Å²) in [7, 11) is 1.49. The number of rotatable bonds is 10. The Morgan fingerprint density at radius 1 is 1.24 bits per heavy atom. The number of carbonyl (C=O) groups excluding carboxylic acids is 3. The Balaban J connectivity index is 1.30. The molecule has 0 saturated heterocycles. The number of ether oxygens (including phenoxy) is 4. The number of guanidine groups is 1. The largest absolute Gasteiger partial charge is 0.496 e. The standard InChI is InChI=1S/C35H41N7O9/c1-4-49-32(46)29-21(15-43)19(10-12-41-13-11-37-34(41)42-17-38-25-30(42)39-33(36)40-31(25)45)24-27(48-3)20-14-23(35(2,47)18-8-6-5-7-9-18)50-26(20)22(16-44)28(24)51-29/h10-11,13,15,18,23,34,37,44,47H,4-9,12,14,16-17H2,1-3H3,(H2,36,40,45). The van der Waals surface area contributed by atoms with Crippen LogP contribution in [0.1, 0.15) is 62.6 Å². The molecule has 1 amide bonds. The summed E-state index contributed by atoms with van der Waals surface area (Å²) in [6, 6.07) is 0. The van der Waals surface area contributed by atoms with Crippen molar-refractivity contribution in [2.75, 3.05) is 26.9 Å². The van der Waals surface area contributed by atoms with Crippen LogP contribution in [-0.2, 0) is 32.1 Å². The summed E-state index contributed by atoms with van der Waals surface area (Å²) in [5.74, 6) is -0.906. The highest BCUT2D eigenvalue weighted by atomic mass is 16.6. The normalized spacial score (nSPS) is 24.5. The number of hydrogen-bond donors (Lipinski definition) is 4. The van der Waals surface area contributed by atoms with Gasteiger partial charge in [0.1, 0.15) is 35.6 Å². The number of nitrogens with one attached hydrogen (secondary N) is 1. The number of carbonyl (C=O) groups is 3. The molecule has 0 aromatic heterocycles. The molecule has 5 N–H and O–H groups in total. The van der Waals surface area contributed by atoms with Gasteiger partial charge in [0.05, 0.1) is 37.0 Å². The van der Waals surface area contributed by atoms with Crippen LogP contribution in [-0.4, -0.2) is 101 Å². The highest BCUT2D eigenvalue weighted by Crippen LogP contribution is 2.55. The van der Waals surface area contributed by atoms with Gasteiger partial charge in [-0.05, 0) is 32.6 Å². The van der Waals surface area contributed by atoms with Crippen molar-refractivity contribution in [1.29, 1.82) is 0 Å². The first-order chi connectivity index (χ1) is 24.6. The van der Waals surface area contributed by atoms with Crippen LogP contribution in [0, 0.1) is 5.92 Å². The quantitative estimate of drug-likeness (QED) is 0.200. The number of amides is 1. The lowest BCUT2D eigenvalue weighted by Crippen LogP contribution is -2.53. The number of esters is 1. The van der Waals surface area contributed by atoms with E-state index in [-0.39, 0.29) is 72.3 Å². The molecule has 5 aliphatic heterocycles. The highest BCUT2D eigenvalue weighted by Gasteiger charge is 2.48. The maximum absolute atomic E-state index is 13.3. The molecule has 5 heterocycles. The first-order valence-electron chi connectivity index (χ1n) is 17.1. The average Bonchev–Trinajstić information content (AvgIpc) is 3.88. The summed E-state index contributed by atoms with van der Waals surface area (Å²) in [5.41, 5.74) is 6.18. The molecule has 7 rings (SSSR count). The van der Waals surface area contributed by atoms with Crippen LogP contribution in [0.3, 0.4) is 0 Å². The molecular formula is C35H41N7O9. The van der Waals surface area contributed by atoms with Crippen molar-refractivity contribution in [2.24, 2.45) is 26.6 Å². The van der Waals surface area contributed by atoms with Crippen molar-refractivity contribution < 1.29 is 43.5 Å². The second-order valence-electron chi connectivity index (χ2n) is 13.2. The smallest absolute Gasteiger partial charge is 0.375 e. The van der Waals surface area contributed by atoms with Crippen molar-refractivity contribution in [3.8, 4) is 17.2 Å². The molecule has 0 bridgehead atoms. The molecule has 270 valence electrons. The monoisotopic (exact) mass is 703 g/mol. The number of hydrogen-bond acceptors (Lipinski definition) is 15. The van der Waals surface area contributed by atoms with Crippen molar-refractivity contribution in [3.63, 3.8) is 0 Å². The molecule has 3 unspecified atom stereocenters. The van der Waals surface area contributed by atoms with Crippen LogP contribution in [0.5, 0.6) is 17.2 Å². The van der Waals surface area contributed by atoms with E-state index in [2.05, 4.69) is 20.3 Å². The number of fused-ring (bicyclic) bond motifs is 3. The number of nitrogens with zero attached hydrogens (tertiary/aromatic N) is 5. The fraction of sp³-hybridized carbons (Fsp3) is 0.486. The molecular weight excluding hydrogens is 662 g/mol. The van der Waals surface area contributed by atoms with Gasteiger partial charge in [0.25, 0.3) is 0 Å². The van der Waals surface area contributed by atoms with Gasteiger partial charge in [-0.2, -0.15) is 9.98 Å². The van der Waals surface area contributed by atoms with Gasteiger partial charge in [0, 0.05) is 36.5 Å². The fourth-order valence-electron chi connectivity index (χ4n) is 7.80. The lowest BCUT2D eigenvalue weighted by molar-refractivity contribution is -0.141. The van der Waals surface area contributed by atoms with Gasteiger partial charge >= 0.3 is 11.9 Å². The lowest BCUT2D eigenvalue weighted by Gasteiger charge is -2.39. The van der Waals surface area contributed by atoms with Gasteiger partial charge < -0.3 is 45.1 Å². The van der Waals surface area contributed by atoms with Crippen LogP contribution in [0.25, 0.3) is 5.57 Å². The number of allylic oxidation sites excluding steroid dienone is 2. The predicted molar refractivity (Wildman–Crippen MR) is 184 cm³/mol. The third kappa shape index (κ3) is 5.71. The number of benzene rings is 1. The summed E-state index contributed by atoms with van der Waals surface area (Å²) in [6.45, 7) is 3.21. The van der Waals surface area contributed by atoms with E-state index in [1.807, 2.05) is 4.90 Å². The minimum absolute atomic E-state index is 0.0264. The van der Waals surface area contributed by atoms with E-state index < -0.39 is 36.5 Å². The Kier molecular flexibility index (Phi) is 9.05. The van der Waals surface area contributed by atoms with Gasteiger partial charge in [-0.3, -0.25) is 19.5 Å². The second-order valence-corrected chi connectivity index (χ2v) is 13.2. The molecule has 1 aromatic carbocycles. The van der Waals surface area contributed by atoms with E-state index in [0.29, 0.717) is 34.5 Å². The summed E-state index contributed by atoms with van der Waals surface area (Å²) in [5, 5.41) is 25.9. The van der Waals surface area contributed by atoms with E-state index in [9.17, 15) is 24.6 Å². The molecule has 16 heteroatoms. The number of aliphatic hydroxyl groups is 2. The second kappa shape index (κ2) is 13.5. The summed E-state index contributed by atoms with van der Waals surface area (Å²) < 4.78 is 24.0. The van der Waals surface area contributed by atoms with E-state index in [0.717, 1.165) is 32.1 Å². The molecule has 1 aromatic rings. The summed E-state index contributed by atoms with van der Waals surface area (Å²) >= 11 is 0. The van der Waals surface area contributed by atoms with Crippen LogP contribution in [0.15, 0.2) is 44.8 Å². The van der Waals surface area contributed by atoms with Gasteiger partial charge in [0.2, 0.25) is 11.7 Å². The molecule has 0 radical (unpaired) electrons. The van der Waals surface area contributed by atoms with Crippen molar-refractivity contribution >= 4 is 41.2 Å². The number of methoxy groups -OCH3 is 1. The zero-order chi connectivity index (χ0) is 36.0. The fourth-order valence-corrected chi connectivity index (χ4v) is 7.80. The number of nitrogens with two attached hydrogens (primary N) is 1. The average molecular weight is 704 g/mol.